The third-order valence-electron chi connectivity index (χ3n) is 3.72. The topological polar surface area (TPSA) is 66.5 Å². The molecule has 2 unspecified atom stereocenters. The van der Waals surface area contributed by atoms with Crippen LogP contribution in [0.25, 0.3) is 0 Å². The lowest BCUT2D eigenvalue weighted by molar-refractivity contribution is -0.0454. The number of rotatable bonds is 4. The predicted molar refractivity (Wildman–Crippen MR) is 69.7 cm³/mol. The highest BCUT2D eigenvalue weighted by molar-refractivity contribution is 5.32. The first kappa shape index (κ1) is 14.0. The minimum Gasteiger partial charge on any atom is -0.508 e. The van der Waals surface area contributed by atoms with Gasteiger partial charge in [-0.3, -0.25) is 0 Å². The Morgan fingerprint density at radius 3 is 2.35 bits per heavy atom. The maximum atomic E-state index is 10.8. The summed E-state index contributed by atoms with van der Waals surface area (Å²) in [5.74, 6) is 0.0400. The summed E-state index contributed by atoms with van der Waals surface area (Å²) in [7, 11) is 0. The van der Waals surface area contributed by atoms with Gasteiger partial charge in [-0.15, -0.1) is 0 Å². The minimum absolute atomic E-state index is 0.123. The smallest absolute Gasteiger partial charge is 0.115 e. The van der Waals surface area contributed by atoms with Crippen molar-refractivity contribution < 1.29 is 10.2 Å². The standard InChI is InChI=1S/C14H23NO2/c1-5-14(17,10(2)13(3,4)15)11-7-6-8-12(16)9-11/h6-10,16-17H,5,15H2,1-4H3. The van der Waals surface area contributed by atoms with E-state index in [4.69, 9.17) is 5.73 Å². The van der Waals surface area contributed by atoms with Crippen molar-refractivity contribution in [1.82, 2.24) is 0 Å². The Hall–Kier alpha value is -1.06. The molecule has 0 heterocycles. The molecule has 1 aromatic carbocycles. The number of hydrogen-bond donors (Lipinski definition) is 3. The third-order valence-corrected chi connectivity index (χ3v) is 3.72. The monoisotopic (exact) mass is 237 g/mol. The van der Waals surface area contributed by atoms with E-state index in [9.17, 15) is 10.2 Å². The molecule has 17 heavy (non-hydrogen) atoms. The van der Waals surface area contributed by atoms with E-state index in [1.807, 2.05) is 33.8 Å². The fraction of sp³-hybridized carbons (Fsp3) is 0.571. The van der Waals surface area contributed by atoms with E-state index in [-0.39, 0.29) is 11.7 Å². The molecule has 0 aliphatic carbocycles. The molecule has 3 nitrogen and oxygen atoms in total. The number of phenols is 1. The molecular formula is C14H23NO2. The van der Waals surface area contributed by atoms with Crippen LogP contribution in [0.5, 0.6) is 5.75 Å². The van der Waals surface area contributed by atoms with Crippen molar-refractivity contribution in [3.63, 3.8) is 0 Å². The summed E-state index contributed by atoms with van der Waals surface area (Å²) in [4.78, 5) is 0. The second-order valence-electron chi connectivity index (χ2n) is 5.37. The third kappa shape index (κ3) is 2.79. The van der Waals surface area contributed by atoms with Gasteiger partial charge in [-0.2, -0.15) is 0 Å². The average Bonchev–Trinajstić information content (AvgIpc) is 2.25. The molecule has 1 aromatic rings. The number of hydrogen-bond acceptors (Lipinski definition) is 3. The van der Waals surface area contributed by atoms with Crippen molar-refractivity contribution in [3.8, 4) is 5.75 Å². The van der Waals surface area contributed by atoms with Gasteiger partial charge in [0.15, 0.2) is 0 Å². The lowest BCUT2D eigenvalue weighted by atomic mass is 9.71. The number of benzene rings is 1. The van der Waals surface area contributed by atoms with Crippen LogP contribution in [0.15, 0.2) is 24.3 Å². The van der Waals surface area contributed by atoms with Crippen molar-refractivity contribution in [2.45, 2.75) is 45.3 Å². The lowest BCUT2D eigenvalue weighted by Crippen LogP contribution is -2.50. The van der Waals surface area contributed by atoms with E-state index >= 15 is 0 Å². The van der Waals surface area contributed by atoms with Gasteiger partial charge in [0, 0.05) is 11.5 Å². The molecule has 4 N–H and O–H groups in total. The molecule has 0 aromatic heterocycles. The largest absolute Gasteiger partial charge is 0.508 e. The van der Waals surface area contributed by atoms with Crippen LogP contribution in [0.3, 0.4) is 0 Å². The molecule has 0 amide bonds. The Kier molecular flexibility index (Phi) is 3.84. The van der Waals surface area contributed by atoms with Gasteiger partial charge in [-0.05, 0) is 38.0 Å². The van der Waals surface area contributed by atoms with E-state index in [0.29, 0.717) is 12.0 Å². The number of phenolic OH excluding ortho intramolecular Hbond substituents is 1. The van der Waals surface area contributed by atoms with E-state index in [0.717, 1.165) is 0 Å². The maximum Gasteiger partial charge on any atom is 0.115 e. The fourth-order valence-electron chi connectivity index (χ4n) is 2.15. The van der Waals surface area contributed by atoms with E-state index in [2.05, 4.69) is 0 Å². The van der Waals surface area contributed by atoms with Crippen LogP contribution >= 0.6 is 0 Å². The summed E-state index contributed by atoms with van der Waals surface area (Å²) in [6, 6.07) is 6.76. The zero-order valence-corrected chi connectivity index (χ0v) is 11.1. The average molecular weight is 237 g/mol. The molecule has 0 saturated carbocycles. The molecule has 1 rings (SSSR count). The fourth-order valence-corrected chi connectivity index (χ4v) is 2.15. The number of aromatic hydroxyl groups is 1. The van der Waals surface area contributed by atoms with E-state index in [1.165, 1.54) is 0 Å². The maximum absolute atomic E-state index is 10.8. The molecule has 0 bridgehead atoms. The van der Waals surface area contributed by atoms with Gasteiger partial charge in [0.25, 0.3) is 0 Å². The molecular weight excluding hydrogens is 214 g/mol. The van der Waals surface area contributed by atoms with Gasteiger partial charge < -0.3 is 15.9 Å². The van der Waals surface area contributed by atoms with Gasteiger partial charge in [0.1, 0.15) is 5.75 Å². The zero-order chi connectivity index (χ0) is 13.3. The molecule has 0 radical (unpaired) electrons. The Morgan fingerprint density at radius 2 is 1.94 bits per heavy atom. The summed E-state index contributed by atoms with van der Waals surface area (Å²) in [6.45, 7) is 7.67. The van der Waals surface area contributed by atoms with E-state index < -0.39 is 11.1 Å². The molecule has 0 spiro atoms. The summed E-state index contributed by atoms with van der Waals surface area (Å²) < 4.78 is 0. The second kappa shape index (κ2) is 4.67. The minimum atomic E-state index is -1.02. The van der Waals surface area contributed by atoms with Crippen molar-refractivity contribution >= 4 is 0 Å². The van der Waals surface area contributed by atoms with Crippen LogP contribution in [0.1, 0.15) is 39.7 Å². The summed E-state index contributed by atoms with van der Waals surface area (Å²) in [5.41, 5.74) is 5.30. The molecule has 3 heteroatoms. The Bertz CT molecular complexity index is 384. The first-order valence-corrected chi connectivity index (χ1v) is 6.02. The summed E-state index contributed by atoms with van der Waals surface area (Å²) >= 11 is 0. The lowest BCUT2D eigenvalue weighted by Gasteiger charge is -2.41. The van der Waals surface area contributed by atoms with Gasteiger partial charge in [0.2, 0.25) is 0 Å². The molecule has 2 atom stereocenters. The van der Waals surface area contributed by atoms with Crippen LogP contribution in [-0.2, 0) is 5.60 Å². The summed E-state index contributed by atoms with van der Waals surface area (Å²) in [5, 5.41) is 20.3. The van der Waals surface area contributed by atoms with Crippen LogP contribution < -0.4 is 5.73 Å². The van der Waals surface area contributed by atoms with Gasteiger partial charge in [-0.25, -0.2) is 0 Å². The van der Waals surface area contributed by atoms with E-state index in [1.54, 1.807) is 18.2 Å². The molecule has 0 fully saturated rings. The van der Waals surface area contributed by atoms with Crippen molar-refractivity contribution in [1.29, 1.82) is 0 Å². The van der Waals surface area contributed by atoms with Crippen LogP contribution in [-0.4, -0.2) is 15.8 Å². The zero-order valence-electron chi connectivity index (χ0n) is 11.1. The van der Waals surface area contributed by atoms with Gasteiger partial charge in [-0.1, -0.05) is 26.0 Å². The summed E-state index contributed by atoms with van der Waals surface area (Å²) in [6.07, 6.45) is 0.554. The highest BCUT2D eigenvalue weighted by atomic mass is 16.3. The second-order valence-corrected chi connectivity index (χ2v) is 5.37. The van der Waals surface area contributed by atoms with Crippen molar-refractivity contribution in [2.24, 2.45) is 11.7 Å². The van der Waals surface area contributed by atoms with Crippen LogP contribution in [0.2, 0.25) is 0 Å². The Morgan fingerprint density at radius 1 is 1.35 bits per heavy atom. The molecule has 0 aliphatic rings. The Labute approximate surface area is 103 Å². The first-order valence-electron chi connectivity index (χ1n) is 6.02. The van der Waals surface area contributed by atoms with Gasteiger partial charge >= 0.3 is 0 Å². The molecule has 0 saturated heterocycles. The van der Waals surface area contributed by atoms with Crippen molar-refractivity contribution in [2.75, 3.05) is 0 Å². The first-order chi connectivity index (χ1) is 7.71. The van der Waals surface area contributed by atoms with Gasteiger partial charge in [0.05, 0.1) is 5.60 Å². The SMILES string of the molecule is CCC(O)(c1cccc(O)c1)C(C)C(C)(C)N. The highest BCUT2D eigenvalue weighted by Gasteiger charge is 2.40. The number of aliphatic hydroxyl groups is 1. The quantitative estimate of drug-likeness (QED) is 0.753. The van der Waals surface area contributed by atoms with Crippen LogP contribution in [0, 0.1) is 5.92 Å². The predicted octanol–water partition coefficient (Wildman–Crippen LogP) is 2.36. The molecule has 0 aliphatic heterocycles. The highest BCUT2D eigenvalue weighted by Crippen LogP contribution is 2.38. The molecule has 96 valence electrons. The number of nitrogens with two attached hydrogens (primary N) is 1. The Balaban J connectivity index is 3.21. The normalized spacial score (nSPS) is 17.5. The van der Waals surface area contributed by atoms with Crippen molar-refractivity contribution in [3.05, 3.63) is 29.8 Å². The van der Waals surface area contributed by atoms with Crippen LogP contribution in [0.4, 0.5) is 0 Å².